The highest BCUT2D eigenvalue weighted by atomic mass is 16.5. The monoisotopic (exact) mass is 440 g/mol. The fraction of sp³-hybridized carbons (Fsp3) is 0.435. The van der Waals surface area contributed by atoms with Gasteiger partial charge in [0.05, 0.1) is 5.39 Å². The number of ether oxygens (including phenoxy) is 1. The van der Waals surface area contributed by atoms with Gasteiger partial charge in [0.15, 0.2) is 17.6 Å². The Morgan fingerprint density at radius 3 is 2.56 bits per heavy atom. The van der Waals surface area contributed by atoms with Crippen molar-refractivity contribution in [1.29, 1.82) is 0 Å². The fourth-order valence-corrected chi connectivity index (χ4v) is 3.37. The number of aryl methyl sites for hydroxylation is 2. The zero-order valence-electron chi connectivity index (χ0n) is 18.6. The maximum absolute atomic E-state index is 13.0. The summed E-state index contributed by atoms with van der Waals surface area (Å²) in [5, 5.41) is 11.4. The lowest BCUT2D eigenvalue weighted by atomic mass is 10.1. The second-order valence-electron chi connectivity index (χ2n) is 7.60. The van der Waals surface area contributed by atoms with Crippen LogP contribution in [0.25, 0.3) is 10.8 Å². The summed E-state index contributed by atoms with van der Waals surface area (Å²) in [5.41, 5.74) is -0.237. The van der Waals surface area contributed by atoms with Crippen molar-refractivity contribution in [3.8, 4) is 0 Å². The molecule has 3 rings (SSSR count). The summed E-state index contributed by atoms with van der Waals surface area (Å²) >= 11 is 0. The van der Waals surface area contributed by atoms with Crippen LogP contribution in [-0.4, -0.2) is 32.9 Å². The molecule has 0 fully saturated rings. The molecule has 0 saturated carbocycles. The SMILES string of the molecule is CCCCCCn1nc(C(=O)OC(CC)C(=O)Nc2cc(C)on2)c2ccccc2c1=O. The van der Waals surface area contributed by atoms with E-state index in [1.54, 1.807) is 44.2 Å². The number of rotatable bonds is 10. The van der Waals surface area contributed by atoms with E-state index >= 15 is 0 Å². The molecule has 0 radical (unpaired) electrons. The predicted octanol–water partition coefficient (Wildman–Crippen LogP) is 3.85. The van der Waals surface area contributed by atoms with Gasteiger partial charge in [-0.15, -0.1) is 0 Å². The van der Waals surface area contributed by atoms with E-state index in [0.717, 1.165) is 25.7 Å². The quantitative estimate of drug-likeness (QED) is 0.376. The number of anilines is 1. The van der Waals surface area contributed by atoms with Crippen molar-refractivity contribution in [3.63, 3.8) is 0 Å². The van der Waals surface area contributed by atoms with Gasteiger partial charge in [0.25, 0.3) is 11.5 Å². The van der Waals surface area contributed by atoms with Gasteiger partial charge in [0.1, 0.15) is 5.76 Å². The van der Waals surface area contributed by atoms with Crippen molar-refractivity contribution in [3.05, 3.63) is 52.1 Å². The third-order valence-electron chi connectivity index (χ3n) is 5.08. The summed E-state index contributed by atoms with van der Waals surface area (Å²) in [7, 11) is 0. The molecule has 1 amide bonds. The molecule has 1 N–H and O–H groups in total. The van der Waals surface area contributed by atoms with Crippen molar-refractivity contribution < 1.29 is 18.8 Å². The molecular weight excluding hydrogens is 412 g/mol. The van der Waals surface area contributed by atoms with Crippen molar-refractivity contribution in [2.75, 3.05) is 5.32 Å². The van der Waals surface area contributed by atoms with Gasteiger partial charge in [0, 0.05) is 18.0 Å². The number of unbranched alkanes of at least 4 members (excludes halogenated alkanes) is 3. The van der Waals surface area contributed by atoms with Gasteiger partial charge in [-0.25, -0.2) is 9.48 Å². The Kier molecular flexibility index (Phi) is 7.75. The molecule has 170 valence electrons. The number of esters is 1. The molecule has 9 heteroatoms. The molecule has 0 bridgehead atoms. The number of benzene rings is 1. The normalized spacial score (nSPS) is 12.0. The number of hydrogen-bond donors (Lipinski definition) is 1. The lowest BCUT2D eigenvalue weighted by molar-refractivity contribution is -0.124. The molecule has 0 saturated heterocycles. The molecule has 3 aromatic rings. The van der Waals surface area contributed by atoms with Crippen LogP contribution in [0.4, 0.5) is 5.82 Å². The topological polar surface area (TPSA) is 116 Å². The number of nitrogens with zero attached hydrogens (tertiary/aromatic N) is 3. The minimum Gasteiger partial charge on any atom is -0.447 e. The maximum Gasteiger partial charge on any atom is 0.360 e. The number of amides is 1. The first-order chi connectivity index (χ1) is 15.4. The van der Waals surface area contributed by atoms with Gasteiger partial charge in [-0.1, -0.05) is 56.5 Å². The van der Waals surface area contributed by atoms with Gasteiger partial charge in [-0.2, -0.15) is 5.10 Å². The first-order valence-electron chi connectivity index (χ1n) is 10.9. The molecule has 0 aliphatic rings. The van der Waals surface area contributed by atoms with E-state index in [-0.39, 0.29) is 23.5 Å². The van der Waals surface area contributed by atoms with E-state index in [4.69, 9.17) is 9.26 Å². The van der Waals surface area contributed by atoms with E-state index in [1.807, 2.05) is 0 Å². The Morgan fingerprint density at radius 1 is 1.16 bits per heavy atom. The summed E-state index contributed by atoms with van der Waals surface area (Å²) in [5.74, 6) is -0.499. The Labute approximate surface area is 185 Å². The van der Waals surface area contributed by atoms with Crippen molar-refractivity contribution in [2.45, 2.75) is 65.5 Å². The number of aromatic nitrogens is 3. The summed E-state index contributed by atoms with van der Waals surface area (Å²) in [6, 6.07) is 8.34. The Balaban J connectivity index is 1.84. The van der Waals surface area contributed by atoms with Gasteiger partial charge in [-0.3, -0.25) is 9.59 Å². The van der Waals surface area contributed by atoms with E-state index in [1.165, 1.54) is 4.68 Å². The summed E-state index contributed by atoms with van der Waals surface area (Å²) in [4.78, 5) is 38.4. The first kappa shape index (κ1) is 23.2. The summed E-state index contributed by atoms with van der Waals surface area (Å²) in [6.45, 7) is 5.95. The second-order valence-corrected chi connectivity index (χ2v) is 7.60. The van der Waals surface area contributed by atoms with Crippen LogP contribution in [0.5, 0.6) is 0 Å². The number of carbonyl (C=O) groups is 2. The smallest absolute Gasteiger partial charge is 0.360 e. The van der Waals surface area contributed by atoms with Gasteiger partial charge in [0.2, 0.25) is 0 Å². The van der Waals surface area contributed by atoms with E-state index < -0.39 is 18.0 Å². The average Bonchev–Trinajstić information content (AvgIpc) is 3.20. The van der Waals surface area contributed by atoms with Crippen LogP contribution in [0.3, 0.4) is 0 Å². The van der Waals surface area contributed by atoms with E-state index in [2.05, 4.69) is 22.5 Å². The zero-order valence-corrected chi connectivity index (χ0v) is 18.6. The van der Waals surface area contributed by atoms with Crippen LogP contribution in [0.2, 0.25) is 0 Å². The van der Waals surface area contributed by atoms with Gasteiger partial charge >= 0.3 is 5.97 Å². The van der Waals surface area contributed by atoms with Crippen LogP contribution in [-0.2, 0) is 16.1 Å². The van der Waals surface area contributed by atoms with Crippen molar-refractivity contribution in [2.24, 2.45) is 0 Å². The fourth-order valence-electron chi connectivity index (χ4n) is 3.37. The average molecular weight is 441 g/mol. The van der Waals surface area contributed by atoms with Crippen LogP contribution in [0, 0.1) is 6.92 Å². The second kappa shape index (κ2) is 10.7. The maximum atomic E-state index is 13.0. The highest BCUT2D eigenvalue weighted by Gasteiger charge is 2.26. The minimum absolute atomic E-state index is 0.0132. The summed E-state index contributed by atoms with van der Waals surface area (Å²) in [6.07, 6.45) is 3.09. The molecule has 2 heterocycles. The predicted molar refractivity (Wildman–Crippen MR) is 120 cm³/mol. The van der Waals surface area contributed by atoms with Crippen molar-refractivity contribution in [1.82, 2.24) is 14.9 Å². The molecule has 0 aliphatic heterocycles. The summed E-state index contributed by atoms with van der Waals surface area (Å²) < 4.78 is 11.7. The number of nitrogens with one attached hydrogen (secondary N) is 1. The molecule has 0 spiro atoms. The Morgan fingerprint density at radius 2 is 1.91 bits per heavy atom. The lowest BCUT2D eigenvalue weighted by Crippen LogP contribution is -2.33. The molecule has 9 nitrogen and oxygen atoms in total. The van der Waals surface area contributed by atoms with Crippen LogP contribution < -0.4 is 10.9 Å². The first-order valence-corrected chi connectivity index (χ1v) is 10.9. The Hall–Kier alpha value is -3.49. The van der Waals surface area contributed by atoms with Crippen LogP contribution >= 0.6 is 0 Å². The number of hydrogen-bond acceptors (Lipinski definition) is 7. The third-order valence-corrected chi connectivity index (χ3v) is 5.08. The van der Waals surface area contributed by atoms with E-state index in [0.29, 0.717) is 23.1 Å². The lowest BCUT2D eigenvalue weighted by Gasteiger charge is -2.16. The van der Waals surface area contributed by atoms with Gasteiger partial charge < -0.3 is 14.6 Å². The highest BCUT2D eigenvalue weighted by molar-refractivity contribution is 6.03. The molecular formula is C23H28N4O5. The minimum atomic E-state index is -1.05. The van der Waals surface area contributed by atoms with Gasteiger partial charge in [-0.05, 0) is 25.8 Å². The molecule has 0 aliphatic carbocycles. The van der Waals surface area contributed by atoms with Crippen LogP contribution in [0.15, 0.2) is 39.6 Å². The molecule has 1 unspecified atom stereocenters. The molecule has 32 heavy (non-hydrogen) atoms. The molecule has 1 atom stereocenters. The van der Waals surface area contributed by atoms with E-state index in [9.17, 15) is 14.4 Å². The molecule has 2 aromatic heterocycles. The van der Waals surface area contributed by atoms with Crippen LogP contribution in [0.1, 0.15) is 62.2 Å². The zero-order chi connectivity index (χ0) is 23.1. The third kappa shape index (κ3) is 5.40. The standard InChI is InChI=1S/C23H28N4O5/c1-4-6-7-10-13-27-22(29)17-12-9-8-11-16(17)20(25-27)23(30)31-18(5-2)21(28)24-19-14-15(3)32-26-19/h8-9,11-12,14,18H,4-7,10,13H2,1-3H3,(H,24,26,28). The van der Waals surface area contributed by atoms with Crippen molar-refractivity contribution >= 4 is 28.5 Å². The number of fused-ring (bicyclic) bond motifs is 1. The number of carbonyl (C=O) groups excluding carboxylic acids is 2. The highest BCUT2D eigenvalue weighted by Crippen LogP contribution is 2.17. The Bertz CT molecular complexity index is 1150. The molecule has 1 aromatic carbocycles. The largest absolute Gasteiger partial charge is 0.447 e.